The van der Waals surface area contributed by atoms with Crippen LogP contribution in [0.3, 0.4) is 0 Å². The molecule has 1 aromatic rings. The molecule has 0 spiro atoms. The van der Waals surface area contributed by atoms with Crippen LogP contribution in [0.2, 0.25) is 0 Å². The fourth-order valence-corrected chi connectivity index (χ4v) is 1.74. The van der Waals surface area contributed by atoms with Crippen LogP contribution >= 0.6 is 11.8 Å². The minimum absolute atomic E-state index is 0.0225. The molecule has 0 aromatic heterocycles. The summed E-state index contributed by atoms with van der Waals surface area (Å²) in [5.41, 5.74) is 5.26. The lowest BCUT2D eigenvalue weighted by Crippen LogP contribution is -2.19. The van der Waals surface area contributed by atoms with E-state index in [-0.39, 0.29) is 22.2 Å². The number of carbonyl (C=O) groups is 1. The fourth-order valence-electron chi connectivity index (χ4n) is 0.927. The number of hydrogen-bond acceptors (Lipinski definition) is 3. The van der Waals surface area contributed by atoms with Crippen molar-refractivity contribution in [2.75, 3.05) is 18.5 Å². The van der Waals surface area contributed by atoms with Crippen molar-refractivity contribution in [2.24, 2.45) is 0 Å². The number of nitrogen functional groups attached to an aromatic ring is 1. The number of hydrogen-bond donors (Lipinski definition) is 2. The van der Waals surface area contributed by atoms with E-state index in [0.29, 0.717) is 0 Å². The molecule has 1 amide bonds. The van der Waals surface area contributed by atoms with Crippen LogP contribution in [0.5, 0.6) is 0 Å². The zero-order valence-corrected chi connectivity index (χ0v) is 8.83. The summed E-state index contributed by atoms with van der Waals surface area (Å²) in [6, 6.07) is 2.05. The Morgan fingerprint density at radius 3 is 2.47 bits per heavy atom. The largest absolute Gasteiger partial charge is 0.399 e. The first-order valence-electron chi connectivity index (χ1n) is 4.12. The minimum Gasteiger partial charge on any atom is -0.399 e. The van der Waals surface area contributed by atoms with Crippen LogP contribution in [0.4, 0.5) is 14.5 Å². The molecule has 6 heteroatoms. The highest BCUT2D eigenvalue weighted by Crippen LogP contribution is 2.26. The molecule has 0 atom stereocenters. The maximum Gasteiger partial charge on any atom is 0.230 e. The number of anilines is 1. The van der Waals surface area contributed by atoms with Gasteiger partial charge in [0, 0.05) is 12.7 Å². The van der Waals surface area contributed by atoms with E-state index in [0.717, 1.165) is 23.9 Å². The zero-order chi connectivity index (χ0) is 11.4. The van der Waals surface area contributed by atoms with Gasteiger partial charge in [-0.25, -0.2) is 8.78 Å². The van der Waals surface area contributed by atoms with Crippen LogP contribution in [-0.2, 0) is 4.79 Å². The molecule has 0 aliphatic rings. The predicted molar refractivity (Wildman–Crippen MR) is 55.6 cm³/mol. The van der Waals surface area contributed by atoms with Crippen molar-refractivity contribution in [3.05, 3.63) is 23.8 Å². The molecule has 0 fully saturated rings. The van der Waals surface area contributed by atoms with E-state index in [1.165, 1.54) is 7.05 Å². The Morgan fingerprint density at radius 2 is 2.00 bits per heavy atom. The summed E-state index contributed by atoms with van der Waals surface area (Å²) >= 11 is 0.797. The Morgan fingerprint density at radius 1 is 1.47 bits per heavy atom. The number of amides is 1. The van der Waals surface area contributed by atoms with Crippen molar-refractivity contribution >= 4 is 23.4 Å². The van der Waals surface area contributed by atoms with Gasteiger partial charge in [0.1, 0.15) is 11.6 Å². The zero-order valence-electron chi connectivity index (χ0n) is 8.01. The number of benzene rings is 1. The van der Waals surface area contributed by atoms with Gasteiger partial charge in [-0.1, -0.05) is 0 Å². The van der Waals surface area contributed by atoms with Crippen molar-refractivity contribution in [3.63, 3.8) is 0 Å². The highest BCUT2D eigenvalue weighted by atomic mass is 32.2. The maximum atomic E-state index is 13.2. The predicted octanol–water partition coefficient (Wildman–Crippen LogP) is 1.39. The lowest BCUT2D eigenvalue weighted by Gasteiger charge is -2.05. The molecule has 0 unspecified atom stereocenters. The number of nitrogens with one attached hydrogen (secondary N) is 1. The van der Waals surface area contributed by atoms with Crippen molar-refractivity contribution in [1.29, 1.82) is 0 Å². The van der Waals surface area contributed by atoms with Crippen molar-refractivity contribution in [3.8, 4) is 0 Å². The van der Waals surface area contributed by atoms with Gasteiger partial charge in [-0.2, -0.15) is 0 Å². The molecule has 0 radical (unpaired) electrons. The van der Waals surface area contributed by atoms with E-state index < -0.39 is 11.6 Å². The molecular weight excluding hydrogens is 222 g/mol. The second kappa shape index (κ2) is 4.97. The summed E-state index contributed by atoms with van der Waals surface area (Å²) < 4.78 is 26.4. The average Bonchev–Trinajstić information content (AvgIpc) is 2.15. The molecule has 0 aliphatic heterocycles. The first kappa shape index (κ1) is 11.8. The number of halogens is 2. The number of nitrogens with two attached hydrogens (primary N) is 1. The molecule has 0 bridgehead atoms. The summed E-state index contributed by atoms with van der Waals surface area (Å²) in [7, 11) is 1.46. The van der Waals surface area contributed by atoms with Crippen molar-refractivity contribution in [1.82, 2.24) is 5.32 Å². The summed E-state index contributed by atoms with van der Waals surface area (Å²) in [6.07, 6.45) is 0. The Bertz CT molecular complexity index is 361. The number of carbonyl (C=O) groups excluding carboxylic acids is 1. The number of rotatable bonds is 3. The molecular formula is C9H10F2N2OS. The van der Waals surface area contributed by atoms with Crippen molar-refractivity contribution < 1.29 is 13.6 Å². The third-order valence-corrected chi connectivity index (χ3v) is 2.73. The summed E-state index contributed by atoms with van der Waals surface area (Å²) in [4.78, 5) is 10.7. The second-order valence-corrected chi connectivity index (χ2v) is 3.76. The molecule has 1 rings (SSSR count). The monoisotopic (exact) mass is 232 g/mol. The van der Waals surface area contributed by atoms with Crippen LogP contribution in [0.1, 0.15) is 0 Å². The standard InChI is InChI=1S/C9H10F2N2OS/c1-13-8(14)4-15-9-6(10)2-5(12)3-7(9)11/h2-3H,4,12H2,1H3,(H,13,14). The van der Waals surface area contributed by atoms with Gasteiger partial charge >= 0.3 is 0 Å². The minimum atomic E-state index is -0.749. The Balaban J connectivity index is 2.81. The van der Waals surface area contributed by atoms with E-state index in [1.54, 1.807) is 0 Å². The van der Waals surface area contributed by atoms with E-state index in [9.17, 15) is 13.6 Å². The first-order chi connectivity index (χ1) is 7.04. The molecule has 82 valence electrons. The Kier molecular flexibility index (Phi) is 3.90. The average molecular weight is 232 g/mol. The smallest absolute Gasteiger partial charge is 0.230 e. The summed E-state index contributed by atoms with van der Waals surface area (Å²) in [5, 5.41) is 2.36. The van der Waals surface area contributed by atoms with Gasteiger partial charge in [-0.05, 0) is 12.1 Å². The van der Waals surface area contributed by atoms with Crippen LogP contribution in [0.25, 0.3) is 0 Å². The molecule has 0 saturated carbocycles. The van der Waals surface area contributed by atoms with Gasteiger partial charge in [0.15, 0.2) is 0 Å². The summed E-state index contributed by atoms with van der Waals surface area (Å²) in [6.45, 7) is 0. The van der Waals surface area contributed by atoms with E-state index in [1.807, 2.05) is 0 Å². The molecule has 1 aromatic carbocycles. The molecule has 15 heavy (non-hydrogen) atoms. The van der Waals surface area contributed by atoms with Gasteiger partial charge < -0.3 is 11.1 Å². The van der Waals surface area contributed by atoms with E-state index >= 15 is 0 Å². The van der Waals surface area contributed by atoms with Crippen molar-refractivity contribution in [2.45, 2.75) is 4.90 Å². The van der Waals surface area contributed by atoms with Gasteiger partial charge in [0.2, 0.25) is 5.91 Å². The third kappa shape index (κ3) is 3.09. The lowest BCUT2D eigenvalue weighted by molar-refractivity contribution is -0.118. The SMILES string of the molecule is CNC(=O)CSc1c(F)cc(N)cc1F. The lowest BCUT2D eigenvalue weighted by atomic mass is 10.3. The highest BCUT2D eigenvalue weighted by Gasteiger charge is 2.12. The van der Waals surface area contributed by atoms with Gasteiger partial charge in [-0.15, -0.1) is 11.8 Å². The first-order valence-corrected chi connectivity index (χ1v) is 5.11. The Labute approximate surface area is 90.0 Å². The van der Waals surface area contributed by atoms with Crippen LogP contribution < -0.4 is 11.1 Å². The van der Waals surface area contributed by atoms with Gasteiger partial charge in [0.05, 0.1) is 10.6 Å². The van der Waals surface area contributed by atoms with E-state index in [4.69, 9.17) is 5.73 Å². The fraction of sp³-hybridized carbons (Fsp3) is 0.222. The van der Waals surface area contributed by atoms with Crippen LogP contribution in [-0.4, -0.2) is 18.7 Å². The quantitative estimate of drug-likeness (QED) is 0.611. The highest BCUT2D eigenvalue weighted by molar-refractivity contribution is 8.00. The number of thioether (sulfide) groups is 1. The second-order valence-electron chi connectivity index (χ2n) is 2.78. The molecule has 0 heterocycles. The third-order valence-electron chi connectivity index (χ3n) is 1.65. The normalized spacial score (nSPS) is 10.1. The maximum absolute atomic E-state index is 13.2. The van der Waals surface area contributed by atoms with Gasteiger partial charge in [0.25, 0.3) is 0 Å². The topological polar surface area (TPSA) is 55.1 Å². The molecule has 3 nitrogen and oxygen atoms in total. The van der Waals surface area contributed by atoms with Crippen LogP contribution in [0, 0.1) is 11.6 Å². The molecule has 0 aliphatic carbocycles. The van der Waals surface area contributed by atoms with E-state index in [2.05, 4.69) is 5.32 Å². The van der Waals surface area contributed by atoms with Crippen LogP contribution in [0.15, 0.2) is 17.0 Å². The summed E-state index contributed by atoms with van der Waals surface area (Å²) in [5.74, 6) is -1.83. The molecule has 3 N–H and O–H groups in total. The Hall–Kier alpha value is -1.30. The van der Waals surface area contributed by atoms with Gasteiger partial charge in [-0.3, -0.25) is 4.79 Å². The molecule has 0 saturated heterocycles.